The molecule has 1 saturated carbocycles. The first-order valence-electron chi connectivity index (χ1n) is 9.87. The predicted molar refractivity (Wildman–Crippen MR) is 105 cm³/mol. The van der Waals surface area contributed by atoms with E-state index < -0.39 is 24.5 Å². The SMILES string of the molecule is Cc1ccc(NC(=O)COC(=O)[C@H](C)N2C(=O)[C@@H]3[C@H](C2=O)[C@H]2C=C[C@H]3C2)cc1C. The number of esters is 1. The van der Waals surface area contributed by atoms with E-state index >= 15 is 0 Å². The normalized spacial score (nSPS) is 27.9. The fourth-order valence-corrected chi connectivity index (χ4v) is 4.69. The lowest BCUT2D eigenvalue weighted by Crippen LogP contribution is -2.45. The van der Waals surface area contributed by atoms with Crippen LogP contribution in [0.1, 0.15) is 24.5 Å². The Balaban J connectivity index is 1.34. The maximum atomic E-state index is 12.8. The molecule has 0 spiro atoms. The molecule has 4 rings (SSSR count). The minimum absolute atomic E-state index is 0.0819. The standard InChI is InChI=1S/C22H24N2O5/c1-11-4-7-16(8-12(11)2)23-17(25)10-29-22(28)13(3)24-20(26)18-14-5-6-15(9-14)19(18)21(24)27/h4-8,13-15,18-19H,9-10H2,1-3H3,(H,23,25)/t13-,14-,15-,18-,19+/m0/s1. The Morgan fingerprint density at radius 1 is 1.10 bits per heavy atom. The van der Waals surface area contributed by atoms with E-state index in [0.29, 0.717) is 5.69 Å². The lowest BCUT2D eigenvalue weighted by molar-refractivity contribution is -0.159. The zero-order valence-corrected chi connectivity index (χ0v) is 16.7. The van der Waals surface area contributed by atoms with Crippen molar-refractivity contribution in [3.05, 3.63) is 41.5 Å². The van der Waals surface area contributed by atoms with Gasteiger partial charge in [0.15, 0.2) is 6.61 Å². The van der Waals surface area contributed by atoms with Gasteiger partial charge in [0, 0.05) is 5.69 Å². The number of hydrogen-bond donors (Lipinski definition) is 1. The number of ether oxygens (including phenoxy) is 1. The Bertz CT molecular complexity index is 907. The molecule has 2 bridgehead atoms. The average molecular weight is 396 g/mol. The smallest absolute Gasteiger partial charge is 0.329 e. The Hall–Kier alpha value is -2.96. The molecule has 0 unspecified atom stereocenters. The summed E-state index contributed by atoms with van der Waals surface area (Å²) in [6.07, 6.45) is 4.83. The van der Waals surface area contributed by atoms with Crippen molar-refractivity contribution in [1.82, 2.24) is 4.90 Å². The number of likely N-dealkylation sites (tertiary alicyclic amines) is 1. The van der Waals surface area contributed by atoms with Crippen LogP contribution in [0.2, 0.25) is 0 Å². The number of anilines is 1. The van der Waals surface area contributed by atoms with Gasteiger partial charge in [0.1, 0.15) is 6.04 Å². The number of carbonyl (C=O) groups is 4. The van der Waals surface area contributed by atoms with E-state index in [1.807, 2.05) is 38.1 Å². The van der Waals surface area contributed by atoms with Crippen LogP contribution in [-0.2, 0) is 23.9 Å². The van der Waals surface area contributed by atoms with E-state index in [4.69, 9.17) is 4.74 Å². The third-order valence-corrected chi connectivity index (χ3v) is 6.37. The van der Waals surface area contributed by atoms with Crippen molar-refractivity contribution in [3.8, 4) is 0 Å². The zero-order valence-electron chi connectivity index (χ0n) is 16.7. The van der Waals surface area contributed by atoms with Crippen LogP contribution in [0.25, 0.3) is 0 Å². The van der Waals surface area contributed by atoms with Gasteiger partial charge in [-0.2, -0.15) is 0 Å². The summed E-state index contributed by atoms with van der Waals surface area (Å²) in [7, 11) is 0. The molecule has 1 aromatic carbocycles. The number of nitrogens with zero attached hydrogens (tertiary/aromatic N) is 1. The third kappa shape index (κ3) is 3.24. The average Bonchev–Trinajstić information content (AvgIpc) is 3.36. The molecule has 2 fully saturated rings. The summed E-state index contributed by atoms with van der Waals surface area (Å²) in [4.78, 5) is 51.1. The van der Waals surface area contributed by atoms with E-state index in [0.717, 1.165) is 22.4 Å². The largest absolute Gasteiger partial charge is 0.454 e. The Morgan fingerprint density at radius 2 is 1.72 bits per heavy atom. The van der Waals surface area contributed by atoms with Gasteiger partial charge in [-0.25, -0.2) is 4.79 Å². The van der Waals surface area contributed by atoms with Crippen molar-refractivity contribution in [2.24, 2.45) is 23.7 Å². The molecule has 5 atom stereocenters. The number of amides is 3. The molecule has 7 nitrogen and oxygen atoms in total. The molecule has 3 amide bonds. The summed E-state index contributed by atoms with van der Waals surface area (Å²) in [5.74, 6) is -2.41. The topological polar surface area (TPSA) is 92.8 Å². The number of benzene rings is 1. The highest BCUT2D eigenvalue weighted by Gasteiger charge is 2.60. The van der Waals surface area contributed by atoms with Crippen LogP contribution in [0.4, 0.5) is 5.69 Å². The molecule has 1 N–H and O–H groups in total. The Morgan fingerprint density at radius 3 is 2.31 bits per heavy atom. The zero-order chi connectivity index (χ0) is 20.9. The second-order valence-corrected chi connectivity index (χ2v) is 8.18. The molecule has 3 aliphatic rings. The van der Waals surface area contributed by atoms with Crippen LogP contribution in [0.3, 0.4) is 0 Å². The highest BCUT2D eigenvalue weighted by molar-refractivity contribution is 6.09. The predicted octanol–water partition coefficient (Wildman–Crippen LogP) is 1.98. The lowest BCUT2D eigenvalue weighted by atomic mass is 9.85. The highest BCUT2D eigenvalue weighted by Crippen LogP contribution is 2.52. The minimum atomic E-state index is -1.05. The minimum Gasteiger partial charge on any atom is -0.454 e. The highest BCUT2D eigenvalue weighted by atomic mass is 16.5. The number of aryl methyl sites for hydroxylation is 2. The summed E-state index contributed by atoms with van der Waals surface area (Å²) < 4.78 is 5.08. The van der Waals surface area contributed by atoms with E-state index in [1.165, 1.54) is 6.92 Å². The van der Waals surface area contributed by atoms with Crippen molar-refractivity contribution in [3.63, 3.8) is 0 Å². The number of imide groups is 1. The molecular weight excluding hydrogens is 372 g/mol. The summed E-state index contributed by atoms with van der Waals surface area (Å²) in [5, 5.41) is 2.67. The second kappa shape index (κ2) is 7.13. The Labute approximate surface area is 169 Å². The van der Waals surface area contributed by atoms with E-state index in [-0.39, 0.29) is 35.5 Å². The van der Waals surface area contributed by atoms with Gasteiger partial charge < -0.3 is 10.1 Å². The van der Waals surface area contributed by atoms with Gasteiger partial charge >= 0.3 is 5.97 Å². The number of nitrogens with one attached hydrogen (secondary N) is 1. The van der Waals surface area contributed by atoms with Crippen molar-refractivity contribution < 1.29 is 23.9 Å². The van der Waals surface area contributed by atoms with Crippen LogP contribution in [-0.4, -0.2) is 41.2 Å². The van der Waals surface area contributed by atoms with Gasteiger partial charge in [0.05, 0.1) is 11.8 Å². The molecule has 7 heteroatoms. The molecule has 2 aliphatic carbocycles. The van der Waals surface area contributed by atoms with Gasteiger partial charge in [-0.05, 0) is 62.3 Å². The summed E-state index contributed by atoms with van der Waals surface area (Å²) >= 11 is 0. The first-order valence-corrected chi connectivity index (χ1v) is 9.87. The van der Waals surface area contributed by atoms with Gasteiger partial charge in [-0.3, -0.25) is 19.3 Å². The molecule has 1 aromatic rings. The van der Waals surface area contributed by atoms with Gasteiger partial charge in [0.25, 0.3) is 5.91 Å². The second-order valence-electron chi connectivity index (χ2n) is 8.18. The van der Waals surface area contributed by atoms with Crippen molar-refractivity contribution >= 4 is 29.4 Å². The lowest BCUT2D eigenvalue weighted by Gasteiger charge is -2.23. The van der Waals surface area contributed by atoms with Crippen molar-refractivity contribution in [2.75, 3.05) is 11.9 Å². The number of carbonyl (C=O) groups excluding carboxylic acids is 4. The van der Waals surface area contributed by atoms with Crippen LogP contribution in [0, 0.1) is 37.5 Å². The van der Waals surface area contributed by atoms with Crippen LogP contribution in [0.5, 0.6) is 0 Å². The number of rotatable bonds is 5. The van der Waals surface area contributed by atoms with Gasteiger partial charge in [-0.1, -0.05) is 18.2 Å². The Kier molecular flexibility index (Phi) is 4.76. The molecule has 1 saturated heterocycles. The molecule has 1 aliphatic heterocycles. The van der Waals surface area contributed by atoms with E-state index in [9.17, 15) is 19.2 Å². The van der Waals surface area contributed by atoms with E-state index in [2.05, 4.69) is 5.32 Å². The molecule has 0 aromatic heterocycles. The van der Waals surface area contributed by atoms with Crippen molar-refractivity contribution in [2.45, 2.75) is 33.2 Å². The van der Waals surface area contributed by atoms with Gasteiger partial charge in [-0.15, -0.1) is 0 Å². The quantitative estimate of drug-likeness (QED) is 0.467. The molecule has 152 valence electrons. The molecule has 1 heterocycles. The van der Waals surface area contributed by atoms with Crippen molar-refractivity contribution in [1.29, 1.82) is 0 Å². The first-order chi connectivity index (χ1) is 13.8. The molecular formula is C22H24N2O5. The summed E-state index contributed by atoms with van der Waals surface area (Å²) in [5.41, 5.74) is 2.76. The summed E-state index contributed by atoms with van der Waals surface area (Å²) in [6, 6.07) is 4.45. The molecule has 29 heavy (non-hydrogen) atoms. The maximum Gasteiger partial charge on any atom is 0.329 e. The fourth-order valence-electron chi connectivity index (χ4n) is 4.69. The van der Waals surface area contributed by atoms with E-state index in [1.54, 1.807) is 6.07 Å². The van der Waals surface area contributed by atoms with Gasteiger partial charge in [0.2, 0.25) is 11.8 Å². The number of allylic oxidation sites excluding steroid dienone is 2. The fraction of sp³-hybridized carbons (Fsp3) is 0.455. The third-order valence-electron chi connectivity index (χ3n) is 6.37. The van der Waals surface area contributed by atoms with Crippen LogP contribution < -0.4 is 5.32 Å². The number of fused-ring (bicyclic) bond motifs is 5. The van der Waals surface area contributed by atoms with Crippen LogP contribution >= 0.6 is 0 Å². The first kappa shape index (κ1) is 19.4. The van der Waals surface area contributed by atoms with Crippen LogP contribution in [0.15, 0.2) is 30.4 Å². The maximum absolute atomic E-state index is 12.8. The number of hydrogen-bond acceptors (Lipinski definition) is 5. The monoisotopic (exact) mass is 396 g/mol. The molecule has 0 radical (unpaired) electrons. The summed E-state index contributed by atoms with van der Waals surface area (Å²) in [6.45, 7) is 4.90.